The summed E-state index contributed by atoms with van der Waals surface area (Å²) in [7, 11) is 0. The monoisotopic (exact) mass is 238 g/mol. The lowest BCUT2D eigenvalue weighted by atomic mass is 10.1. The quantitative estimate of drug-likeness (QED) is 0.760. The average molecular weight is 238 g/mol. The molecule has 0 aliphatic carbocycles. The minimum Gasteiger partial charge on any atom is -0.459 e. The Bertz CT molecular complexity index is 348. The summed E-state index contributed by atoms with van der Waals surface area (Å²) in [4.78, 5) is 11.6. The smallest absolute Gasteiger partial charge is 0.338 e. The van der Waals surface area contributed by atoms with E-state index in [-0.39, 0.29) is 6.42 Å². The van der Waals surface area contributed by atoms with Crippen molar-refractivity contribution in [3.05, 3.63) is 35.9 Å². The first kappa shape index (κ1) is 13.7. The molecule has 0 saturated carbocycles. The third-order valence-electron chi connectivity index (χ3n) is 2.45. The van der Waals surface area contributed by atoms with E-state index in [4.69, 9.17) is 9.84 Å². The summed E-state index contributed by atoms with van der Waals surface area (Å²) in [5.41, 5.74) is 0.478. The zero-order chi connectivity index (χ0) is 12.8. The van der Waals surface area contributed by atoms with Crippen LogP contribution in [-0.2, 0) is 4.74 Å². The van der Waals surface area contributed by atoms with Crippen LogP contribution in [-0.4, -0.2) is 34.5 Å². The molecule has 0 aliphatic heterocycles. The van der Waals surface area contributed by atoms with Gasteiger partial charge >= 0.3 is 5.97 Å². The Labute approximate surface area is 101 Å². The summed E-state index contributed by atoms with van der Waals surface area (Å²) < 4.78 is 5.15. The van der Waals surface area contributed by atoms with Gasteiger partial charge in [-0.05, 0) is 26.0 Å². The largest absolute Gasteiger partial charge is 0.459 e. The van der Waals surface area contributed by atoms with E-state index >= 15 is 0 Å². The van der Waals surface area contributed by atoms with E-state index in [1.54, 1.807) is 31.2 Å². The second-order valence-electron chi connectivity index (χ2n) is 4.13. The van der Waals surface area contributed by atoms with Gasteiger partial charge in [-0.3, -0.25) is 0 Å². The highest BCUT2D eigenvalue weighted by Crippen LogP contribution is 2.09. The molecule has 0 amide bonds. The molecule has 0 fully saturated rings. The molecular weight excluding hydrogens is 220 g/mol. The maximum absolute atomic E-state index is 11.6. The van der Waals surface area contributed by atoms with Crippen LogP contribution in [0.3, 0.4) is 0 Å². The molecule has 0 saturated heterocycles. The fraction of sp³-hybridized carbons (Fsp3) is 0.462. The summed E-state index contributed by atoms with van der Waals surface area (Å²) >= 11 is 0. The van der Waals surface area contributed by atoms with E-state index < -0.39 is 24.3 Å². The third-order valence-corrected chi connectivity index (χ3v) is 2.45. The molecule has 4 heteroatoms. The molecule has 4 nitrogen and oxygen atoms in total. The second-order valence-corrected chi connectivity index (χ2v) is 4.13. The van der Waals surface area contributed by atoms with Crippen LogP contribution >= 0.6 is 0 Å². The zero-order valence-corrected chi connectivity index (χ0v) is 10.0. The highest BCUT2D eigenvalue weighted by atomic mass is 16.5. The summed E-state index contributed by atoms with van der Waals surface area (Å²) in [6, 6.07) is 8.66. The van der Waals surface area contributed by atoms with Gasteiger partial charge in [-0.25, -0.2) is 4.79 Å². The molecule has 1 rings (SSSR count). The molecule has 0 radical (unpaired) electrons. The first-order chi connectivity index (χ1) is 8.00. The van der Waals surface area contributed by atoms with E-state index in [1.165, 1.54) is 6.92 Å². The van der Waals surface area contributed by atoms with Gasteiger partial charge in [0.25, 0.3) is 0 Å². The van der Waals surface area contributed by atoms with Crippen molar-refractivity contribution in [3.63, 3.8) is 0 Å². The highest BCUT2D eigenvalue weighted by Gasteiger charge is 2.18. The lowest BCUT2D eigenvalue weighted by Crippen LogP contribution is -2.28. The molecule has 17 heavy (non-hydrogen) atoms. The van der Waals surface area contributed by atoms with Crippen molar-refractivity contribution >= 4 is 5.97 Å². The Morgan fingerprint density at radius 1 is 1.24 bits per heavy atom. The van der Waals surface area contributed by atoms with E-state index in [9.17, 15) is 9.90 Å². The molecule has 0 bridgehead atoms. The molecule has 1 aromatic rings. The summed E-state index contributed by atoms with van der Waals surface area (Å²) in [5, 5.41) is 18.6. The van der Waals surface area contributed by atoms with Gasteiger partial charge in [0.05, 0.1) is 17.8 Å². The Hall–Kier alpha value is -1.39. The number of ether oxygens (including phenoxy) is 1. The maximum Gasteiger partial charge on any atom is 0.338 e. The molecule has 1 aromatic carbocycles. The van der Waals surface area contributed by atoms with Crippen LogP contribution in [0.2, 0.25) is 0 Å². The lowest BCUT2D eigenvalue weighted by molar-refractivity contribution is -0.0134. The van der Waals surface area contributed by atoms with E-state index in [1.807, 2.05) is 6.07 Å². The molecule has 1 unspecified atom stereocenters. The maximum atomic E-state index is 11.6. The predicted molar refractivity (Wildman–Crippen MR) is 63.6 cm³/mol. The summed E-state index contributed by atoms with van der Waals surface area (Å²) in [6.07, 6.45) is -1.93. The minimum absolute atomic E-state index is 0.218. The van der Waals surface area contributed by atoms with Crippen molar-refractivity contribution in [1.29, 1.82) is 0 Å². The number of aliphatic hydroxyl groups excluding tert-OH is 2. The van der Waals surface area contributed by atoms with Gasteiger partial charge in [-0.2, -0.15) is 0 Å². The predicted octanol–water partition coefficient (Wildman–Crippen LogP) is 1.36. The third kappa shape index (κ3) is 4.54. The van der Waals surface area contributed by atoms with Crippen LogP contribution < -0.4 is 0 Å². The zero-order valence-electron chi connectivity index (χ0n) is 10.0. The summed E-state index contributed by atoms with van der Waals surface area (Å²) in [6.45, 7) is 3.18. The van der Waals surface area contributed by atoms with Crippen molar-refractivity contribution in [2.75, 3.05) is 0 Å². The lowest BCUT2D eigenvalue weighted by Gasteiger charge is -2.19. The van der Waals surface area contributed by atoms with Gasteiger partial charge in [0.2, 0.25) is 0 Å². The normalized spacial score (nSPS) is 16.0. The second kappa shape index (κ2) is 6.37. The Morgan fingerprint density at radius 2 is 1.82 bits per heavy atom. The molecule has 2 N–H and O–H groups in total. The Kier molecular flexibility index (Phi) is 5.12. The van der Waals surface area contributed by atoms with Gasteiger partial charge in [-0.1, -0.05) is 18.2 Å². The molecule has 0 heterocycles. The standard InChI is InChI=1S/C13H18O4/c1-9(8-12(15)10(2)14)17-13(16)11-6-4-3-5-7-11/h3-7,9-10,12,14-15H,8H2,1-2H3/t9?,10-,12-/m0/s1. The van der Waals surface area contributed by atoms with Crippen LogP contribution in [0.15, 0.2) is 30.3 Å². The van der Waals surface area contributed by atoms with E-state index in [2.05, 4.69) is 0 Å². The van der Waals surface area contributed by atoms with E-state index in [0.717, 1.165) is 0 Å². The molecule has 3 atom stereocenters. The van der Waals surface area contributed by atoms with Crippen LogP contribution in [0, 0.1) is 0 Å². The van der Waals surface area contributed by atoms with Crippen molar-refractivity contribution in [2.45, 2.75) is 38.6 Å². The molecule has 0 spiro atoms. The van der Waals surface area contributed by atoms with Crippen molar-refractivity contribution < 1.29 is 19.7 Å². The first-order valence-electron chi connectivity index (χ1n) is 5.63. The van der Waals surface area contributed by atoms with Crippen LogP contribution in [0.1, 0.15) is 30.6 Å². The average Bonchev–Trinajstić information content (AvgIpc) is 2.29. The summed E-state index contributed by atoms with van der Waals surface area (Å²) in [5.74, 6) is -0.420. The number of carbonyl (C=O) groups excluding carboxylic acids is 1. The van der Waals surface area contributed by atoms with Gasteiger partial charge in [0.1, 0.15) is 6.10 Å². The minimum atomic E-state index is -0.881. The van der Waals surface area contributed by atoms with Gasteiger partial charge in [-0.15, -0.1) is 0 Å². The van der Waals surface area contributed by atoms with Crippen LogP contribution in [0.4, 0.5) is 0 Å². The number of esters is 1. The molecule has 94 valence electrons. The molecule has 0 aromatic heterocycles. The number of aliphatic hydroxyl groups is 2. The van der Waals surface area contributed by atoms with Crippen LogP contribution in [0.25, 0.3) is 0 Å². The number of hydrogen-bond donors (Lipinski definition) is 2. The number of benzene rings is 1. The first-order valence-corrected chi connectivity index (χ1v) is 5.63. The number of hydrogen-bond acceptors (Lipinski definition) is 4. The van der Waals surface area contributed by atoms with Gasteiger partial charge < -0.3 is 14.9 Å². The Balaban J connectivity index is 2.47. The molecular formula is C13H18O4. The SMILES string of the molecule is CC(C[C@H](O)[C@H](C)O)OC(=O)c1ccccc1. The van der Waals surface area contributed by atoms with Crippen molar-refractivity contribution in [3.8, 4) is 0 Å². The van der Waals surface area contributed by atoms with Crippen LogP contribution in [0.5, 0.6) is 0 Å². The fourth-order valence-electron chi connectivity index (χ4n) is 1.41. The number of rotatable bonds is 5. The van der Waals surface area contributed by atoms with Gasteiger partial charge in [0, 0.05) is 6.42 Å². The number of carbonyl (C=O) groups is 1. The Morgan fingerprint density at radius 3 is 2.35 bits per heavy atom. The van der Waals surface area contributed by atoms with Crippen molar-refractivity contribution in [2.24, 2.45) is 0 Å². The molecule has 0 aliphatic rings. The van der Waals surface area contributed by atoms with Gasteiger partial charge in [0.15, 0.2) is 0 Å². The highest BCUT2D eigenvalue weighted by molar-refractivity contribution is 5.89. The topological polar surface area (TPSA) is 66.8 Å². The fourth-order valence-corrected chi connectivity index (χ4v) is 1.41. The van der Waals surface area contributed by atoms with Crippen molar-refractivity contribution in [1.82, 2.24) is 0 Å². The van der Waals surface area contributed by atoms with E-state index in [0.29, 0.717) is 5.56 Å².